The standard InChI is InChI=1S/C13H27NO/c1-3-4-10-15-11-9-14-12(2)13-7-5-6-8-13/h12-14H,3-11H2,1-2H3. The summed E-state index contributed by atoms with van der Waals surface area (Å²) in [6, 6.07) is 0.683. The maximum atomic E-state index is 5.52. The van der Waals surface area contributed by atoms with E-state index in [2.05, 4.69) is 19.2 Å². The van der Waals surface area contributed by atoms with E-state index in [0.717, 1.165) is 25.7 Å². The first-order valence-corrected chi connectivity index (χ1v) is 6.65. The molecule has 90 valence electrons. The first-order chi connectivity index (χ1) is 7.34. The Balaban J connectivity index is 1.90. The molecule has 1 unspecified atom stereocenters. The van der Waals surface area contributed by atoms with Crippen molar-refractivity contribution >= 4 is 0 Å². The molecule has 0 amide bonds. The number of hydrogen-bond donors (Lipinski definition) is 1. The maximum Gasteiger partial charge on any atom is 0.0590 e. The van der Waals surface area contributed by atoms with Gasteiger partial charge in [-0.15, -0.1) is 0 Å². The summed E-state index contributed by atoms with van der Waals surface area (Å²) >= 11 is 0. The Kier molecular flexibility index (Phi) is 7.03. The first-order valence-electron chi connectivity index (χ1n) is 6.65. The van der Waals surface area contributed by atoms with Crippen LogP contribution in [0.15, 0.2) is 0 Å². The molecular formula is C13H27NO. The molecule has 1 fully saturated rings. The Morgan fingerprint density at radius 2 is 2.00 bits per heavy atom. The number of unbranched alkanes of at least 4 members (excludes halogenated alkanes) is 1. The molecule has 0 aliphatic heterocycles. The highest BCUT2D eigenvalue weighted by molar-refractivity contribution is 4.76. The Morgan fingerprint density at radius 1 is 1.27 bits per heavy atom. The molecule has 1 rings (SSSR count). The number of rotatable bonds is 8. The molecule has 1 aliphatic rings. The van der Waals surface area contributed by atoms with E-state index in [1.807, 2.05) is 0 Å². The topological polar surface area (TPSA) is 21.3 Å². The molecule has 0 aromatic carbocycles. The van der Waals surface area contributed by atoms with Crippen LogP contribution in [0.1, 0.15) is 52.4 Å². The largest absolute Gasteiger partial charge is 0.380 e. The molecule has 1 aliphatic carbocycles. The van der Waals surface area contributed by atoms with Gasteiger partial charge in [-0.1, -0.05) is 26.2 Å². The van der Waals surface area contributed by atoms with Crippen LogP contribution in [0, 0.1) is 5.92 Å². The van der Waals surface area contributed by atoms with Crippen molar-refractivity contribution in [2.45, 2.75) is 58.4 Å². The molecule has 1 saturated carbocycles. The average molecular weight is 213 g/mol. The number of ether oxygens (including phenoxy) is 1. The summed E-state index contributed by atoms with van der Waals surface area (Å²) in [5, 5.41) is 3.58. The van der Waals surface area contributed by atoms with Gasteiger partial charge in [0.05, 0.1) is 6.61 Å². The van der Waals surface area contributed by atoms with Gasteiger partial charge >= 0.3 is 0 Å². The second kappa shape index (κ2) is 8.12. The minimum Gasteiger partial charge on any atom is -0.380 e. The van der Waals surface area contributed by atoms with Crippen molar-refractivity contribution in [3.05, 3.63) is 0 Å². The van der Waals surface area contributed by atoms with Crippen LogP contribution < -0.4 is 5.32 Å². The second-order valence-electron chi connectivity index (χ2n) is 4.75. The van der Waals surface area contributed by atoms with Crippen LogP contribution in [0.4, 0.5) is 0 Å². The van der Waals surface area contributed by atoms with E-state index in [9.17, 15) is 0 Å². The molecule has 0 aromatic heterocycles. The Bertz CT molecular complexity index is 143. The van der Waals surface area contributed by atoms with Crippen LogP contribution in [0.25, 0.3) is 0 Å². The molecule has 0 radical (unpaired) electrons. The second-order valence-corrected chi connectivity index (χ2v) is 4.75. The molecule has 2 nitrogen and oxygen atoms in total. The fourth-order valence-corrected chi connectivity index (χ4v) is 2.33. The van der Waals surface area contributed by atoms with Gasteiger partial charge in [0.15, 0.2) is 0 Å². The summed E-state index contributed by atoms with van der Waals surface area (Å²) in [5.41, 5.74) is 0. The lowest BCUT2D eigenvalue weighted by Gasteiger charge is -2.20. The zero-order valence-corrected chi connectivity index (χ0v) is 10.4. The van der Waals surface area contributed by atoms with Gasteiger partial charge in [-0.25, -0.2) is 0 Å². The van der Waals surface area contributed by atoms with E-state index in [0.29, 0.717) is 6.04 Å². The summed E-state index contributed by atoms with van der Waals surface area (Å²) in [6.45, 7) is 7.33. The van der Waals surface area contributed by atoms with Gasteiger partial charge in [0.2, 0.25) is 0 Å². The highest BCUT2D eigenvalue weighted by atomic mass is 16.5. The molecule has 2 heteroatoms. The summed E-state index contributed by atoms with van der Waals surface area (Å²) in [5.74, 6) is 0.917. The van der Waals surface area contributed by atoms with Crippen LogP contribution in [0.5, 0.6) is 0 Å². The van der Waals surface area contributed by atoms with Crippen molar-refractivity contribution in [3.8, 4) is 0 Å². The monoisotopic (exact) mass is 213 g/mol. The highest BCUT2D eigenvalue weighted by Crippen LogP contribution is 2.27. The van der Waals surface area contributed by atoms with Crippen LogP contribution in [-0.4, -0.2) is 25.8 Å². The molecular weight excluding hydrogens is 186 g/mol. The van der Waals surface area contributed by atoms with Crippen LogP contribution in [0.3, 0.4) is 0 Å². The molecule has 0 spiro atoms. The molecule has 0 heterocycles. The van der Waals surface area contributed by atoms with Gasteiger partial charge in [0.1, 0.15) is 0 Å². The van der Waals surface area contributed by atoms with E-state index in [4.69, 9.17) is 4.74 Å². The van der Waals surface area contributed by atoms with Gasteiger partial charge in [0, 0.05) is 19.2 Å². The molecule has 0 aromatic rings. The molecule has 15 heavy (non-hydrogen) atoms. The normalized spacial score (nSPS) is 19.6. The molecule has 0 saturated heterocycles. The van der Waals surface area contributed by atoms with Crippen LogP contribution >= 0.6 is 0 Å². The molecule has 1 atom stereocenters. The number of nitrogens with one attached hydrogen (secondary N) is 1. The lowest BCUT2D eigenvalue weighted by atomic mass is 10.00. The van der Waals surface area contributed by atoms with Crippen molar-refractivity contribution in [2.75, 3.05) is 19.8 Å². The third-order valence-corrected chi connectivity index (χ3v) is 3.46. The van der Waals surface area contributed by atoms with E-state index in [1.54, 1.807) is 0 Å². The van der Waals surface area contributed by atoms with Gasteiger partial charge in [0.25, 0.3) is 0 Å². The van der Waals surface area contributed by atoms with E-state index < -0.39 is 0 Å². The summed E-state index contributed by atoms with van der Waals surface area (Å²) in [7, 11) is 0. The summed E-state index contributed by atoms with van der Waals surface area (Å²) in [6.07, 6.45) is 8.13. The van der Waals surface area contributed by atoms with Crippen molar-refractivity contribution in [1.82, 2.24) is 5.32 Å². The zero-order chi connectivity index (χ0) is 10.9. The Labute approximate surface area is 94.8 Å². The zero-order valence-electron chi connectivity index (χ0n) is 10.4. The van der Waals surface area contributed by atoms with Gasteiger partial charge < -0.3 is 10.1 Å². The van der Waals surface area contributed by atoms with Gasteiger partial charge in [-0.05, 0) is 32.1 Å². The van der Waals surface area contributed by atoms with Crippen LogP contribution in [-0.2, 0) is 4.74 Å². The van der Waals surface area contributed by atoms with E-state index in [1.165, 1.54) is 38.5 Å². The van der Waals surface area contributed by atoms with Gasteiger partial charge in [-0.3, -0.25) is 0 Å². The third-order valence-electron chi connectivity index (χ3n) is 3.46. The first kappa shape index (κ1) is 13.0. The van der Waals surface area contributed by atoms with E-state index in [-0.39, 0.29) is 0 Å². The van der Waals surface area contributed by atoms with Crippen molar-refractivity contribution in [1.29, 1.82) is 0 Å². The minimum absolute atomic E-state index is 0.683. The van der Waals surface area contributed by atoms with Crippen molar-refractivity contribution < 1.29 is 4.74 Å². The quantitative estimate of drug-likeness (QED) is 0.626. The lowest BCUT2D eigenvalue weighted by Crippen LogP contribution is -2.34. The summed E-state index contributed by atoms with van der Waals surface area (Å²) in [4.78, 5) is 0. The minimum atomic E-state index is 0.683. The average Bonchev–Trinajstić information content (AvgIpc) is 2.76. The smallest absolute Gasteiger partial charge is 0.0590 e. The van der Waals surface area contributed by atoms with Gasteiger partial charge in [-0.2, -0.15) is 0 Å². The SMILES string of the molecule is CCCCOCCNC(C)C1CCCC1. The number of hydrogen-bond acceptors (Lipinski definition) is 2. The third kappa shape index (κ3) is 5.53. The lowest BCUT2D eigenvalue weighted by molar-refractivity contribution is 0.129. The maximum absolute atomic E-state index is 5.52. The van der Waals surface area contributed by atoms with Crippen molar-refractivity contribution in [2.24, 2.45) is 5.92 Å². The fourth-order valence-electron chi connectivity index (χ4n) is 2.33. The highest BCUT2D eigenvalue weighted by Gasteiger charge is 2.20. The van der Waals surface area contributed by atoms with Crippen LogP contribution in [0.2, 0.25) is 0 Å². The Hall–Kier alpha value is -0.0800. The van der Waals surface area contributed by atoms with Crippen molar-refractivity contribution in [3.63, 3.8) is 0 Å². The fraction of sp³-hybridized carbons (Fsp3) is 1.00. The predicted molar refractivity (Wildman–Crippen MR) is 65.1 cm³/mol. The molecule has 0 bridgehead atoms. The predicted octanol–water partition coefficient (Wildman–Crippen LogP) is 2.97. The Morgan fingerprint density at radius 3 is 2.67 bits per heavy atom. The summed E-state index contributed by atoms with van der Waals surface area (Å²) < 4.78 is 5.52. The molecule has 1 N–H and O–H groups in total. The van der Waals surface area contributed by atoms with E-state index >= 15 is 0 Å².